The van der Waals surface area contributed by atoms with Gasteiger partial charge in [0.2, 0.25) is 0 Å². The van der Waals surface area contributed by atoms with E-state index in [0.29, 0.717) is 5.56 Å². The predicted octanol–water partition coefficient (Wildman–Crippen LogP) is 3.77. The molecule has 0 aliphatic carbocycles. The van der Waals surface area contributed by atoms with Crippen LogP contribution in [0, 0.1) is 0 Å². The number of thiophene rings is 1. The molecule has 0 fully saturated rings. The van der Waals surface area contributed by atoms with Crippen molar-refractivity contribution in [1.82, 2.24) is 4.98 Å². The molecular formula is C14H15NO2S. The molecule has 18 heavy (non-hydrogen) atoms. The molecule has 0 atom stereocenters. The molecule has 0 saturated heterocycles. The highest BCUT2D eigenvalue weighted by atomic mass is 32.1. The molecule has 0 spiro atoms. The number of aromatic nitrogens is 1. The molecule has 0 radical (unpaired) electrons. The third-order valence-electron chi connectivity index (χ3n) is 2.17. The van der Waals surface area contributed by atoms with Crippen molar-refractivity contribution < 1.29 is 9.53 Å². The Labute approximate surface area is 110 Å². The number of ether oxygens (including phenoxy) is 1. The molecule has 0 amide bonds. The Morgan fingerprint density at radius 2 is 2.11 bits per heavy atom. The molecule has 2 rings (SSSR count). The number of carbonyl (C=O) groups excluding carboxylic acids is 1. The number of carbonyl (C=O) groups is 1. The lowest BCUT2D eigenvalue weighted by molar-refractivity contribution is 0.00695. The van der Waals surface area contributed by atoms with Crippen molar-refractivity contribution in [2.75, 3.05) is 0 Å². The van der Waals surface area contributed by atoms with Crippen molar-refractivity contribution >= 4 is 17.3 Å². The van der Waals surface area contributed by atoms with Gasteiger partial charge in [-0.1, -0.05) is 6.07 Å². The summed E-state index contributed by atoms with van der Waals surface area (Å²) in [5.74, 6) is -0.317. The van der Waals surface area contributed by atoms with Gasteiger partial charge in [-0.2, -0.15) is 0 Å². The first-order valence-corrected chi connectivity index (χ1v) is 6.57. The van der Waals surface area contributed by atoms with Crippen molar-refractivity contribution in [2.24, 2.45) is 0 Å². The Morgan fingerprint density at radius 1 is 1.33 bits per heavy atom. The smallest absolute Gasteiger partial charge is 0.338 e. The van der Waals surface area contributed by atoms with E-state index in [-0.39, 0.29) is 5.97 Å². The molecule has 0 saturated carbocycles. The lowest BCUT2D eigenvalue weighted by Crippen LogP contribution is -2.23. The van der Waals surface area contributed by atoms with E-state index in [1.54, 1.807) is 29.7 Å². The van der Waals surface area contributed by atoms with E-state index in [9.17, 15) is 4.79 Å². The van der Waals surface area contributed by atoms with Gasteiger partial charge in [0.1, 0.15) is 5.60 Å². The standard InChI is InChI=1S/C14H15NO2S/c1-14(2,3)17-13(16)10-6-7-15-11(9-10)12-5-4-8-18-12/h4-9H,1-3H3. The number of rotatable bonds is 2. The largest absolute Gasteiger partial charge is 0.456 e. The summed E-state index contributed by atoms with van der Waals surface area (Å²) >= 11 is 1.59. The molecule has 0 unspecified atom stereocenters. The molecule has 0 bridgehead atoms. The van der Waals surface area contributed by atoms with Crippen LogP contribution in [0.25, 0.3) is 10.6 Å². The van der Waals surface area contributed by atoms with Crippen LogP contribution in [0.2, 0.25) is 0 Å². The van der Waals surface area contributed by atoms with Gasteiger partial charge in [-0.05, 0) is 44.4 Å². The molecule has 3 nitrogen and oxygen atoms in total. The van der Waals surface area contributed by atoms with E-state index in [0.717, 1.165) is 10.6 Å². The number of pyridine rings is 1. The Hall–Kier alpha value is -1.68. The molecule has 2 aromatic heterocycles. The number of hydrogen-bond acceptors (Lipinski definition) is 4. The van der Waals surface area contributed by atoms with Crippen LogP contribution >= 0.6 is 11.3 Å². The fraction of sp³-hybridized carbons (Fsp3) is 0.286. The van der Waals surface area contributed by atoms with Crippen molar-refractivity contribution in [3.63, 3.8) is 0 Å². The van der Waals surface area contributed by atoms with Crippen LogP contribution < -0.4 is 0 Å². The third-order valence-corrected chi connectivity index (χ3v) is 3.06. The van der Waals surface area contributed by atoms with E-state index in [2.05, 4.69) is 4.98 Å². The summed E-state index contributed by atoms with van der Waals surface area (Å²) in [4.78, 5) is 17.2. The summed E-state index contributed by atoms with van der Waals surface area (Å²) in [5, 5.41) is 1.98. The average Bonchev–Trinajstić information content (AvgIpc) is 2.80. The molecule has 0 aliphatic rings. The maximum absolute atomic E-state index is 11.9. The average molecular weight is 261 g/mol. The van der Waals surface area contributed by atoms with E-state index < -0.39 is 5.60 Å². The normalized spacial score (nSPS) is 11.3. The van der Waals surface area contributed by atoms with Gasteiger partial charge in [-0.15, -0.1) is 11.3 Å². The number of nitrogens with zero attached hydrogens (tertiary/aromatic N) is 1. The molecule has 2 aromatic rings. The van der Waals surface area contributed by atoms with Crippen LogP contribution in [0.1, 0.15) is 31.1 Å². The Kier molecular flexibility index (Phi) is 3.48. The van der Waals surface area contributed by atoms with Gasteiger partial charge in [0.05, 0.1) is 16.1 Å². The van der Waals surface area contributed by atoms with Crippen LogP contribution in [-0.4, -0.2) is 16.6 Å². The van der Waals surface area contributed by atoms with Crippen molar-refractivity contribution in [3.05, 3.63) is 41.4 Å². The third kappa shape index (κ3) is 3.17. The Bertz CT molecular complexity index is 541. The highest BCUT2D eigenvalue weighted by molar-refractivity contribution is 7.13. The summed E-state index contributed by atoms with van der Waals surface area (Å²) in [6, 6.07) is 7.37. The van der Waals surface area contributed by atoms with Gasteiger partial charge in [0.25, 0.3) is 0 Å². The summed E-state index contributed by atoms with van der Waals surface area (Å²) in [6.07, 6.45) is 1.63. The van der Waals surface area contributed by atoms with E-state index in [1.165, 1.54) is 0 Å². The Balaban J connectivity index is 2.25. The molecule has 0 aromatic carbocycles. The molecule has 94 valence electrons. The first-order valence-electron chi connectivity index (χ1n) is 5.69. The molecular weight excluding hydrogens is 246 g/mol. The van der Waals surface area contributed by atoms with Crippen LogP contribution in [-0.2, 0) is 4.74 Å². The number of hydrogen-bond donors (Lipinski definition) is 0. The first-order chi connectivity index (χ1) is 8.46. The fourth-order valence-corrected chi connectivity index (χ4v) is 2.15. The maximum atomic E-state index is 11.9. The fourth-order valence-electron chi connectivity index (χ4n) is 1.45. The van der Waals surface area contributed by atoms with Gasteiger partial charge in [-0.3, -0.25) is 4.98 Å². The van der Waals surface area contributed by atoms with Crippen molar-refractivity contribution in [1.29, 1.82) is 0 Å². The van der Waals surface area contributed by atoms with Crippen LogP contribution in [0.4, 0.5) is 0 Å². The van der Waals surface area contributed by atoms with Gasteiger partial charge >= 0.3 is 5.97 Å². The molecule has 2 heterocycles. The highest BCUT2D eigenvalue weighted by Crippen LogP contribution is 2.23. The summed E-state index contributed by atoms with van der Waals surface area (Å²) in [7, 11) is 0. The quantitative estimate of drug-likeness (QED) is 0.772. The Morgan fingerprint density at radius 3 is 2.72 bits per heavy atom. The second kappa shape index (κ2) is 4.90. The van der Waals surface area contributed by atoms with Crippen molar-refractivity contribution in [2.45, 2.75) is 26.4 Å². The minimum atomic E-state index is -0.483. The topological polar surface area (TPSA) is 39.2 Å². The summed E-state index contributed by atoms with van der Waals surface area (Å²) in [5.41, 5.74) is 0.848. The first kappa shape index (κ1) is 12.8. The zero-order chi connectivity index (χ0) is 13.2. The summed E-state index contributed by atoms with van der Waals surface area (Å²) in [6.45, 7) is 5.56. The molecule has 0 N–H and O–H groups in total. The number of esters is 1. The lowest BCUT2D eigenvalue weighted by atomic mass is 10.1. The van der Waals surface area contributed by atoms with E-state index >= 15 is 0 Å². The SMILES string of the molecule is CC(C)(C)OC(=O)c1ccnc(-c2cccs2)c1. The van der Waals surface area contributed by atoms with Gasteiger partial charge < -0.3 is 4.74 Å². The van der Waals surface area contributed by atoms with Crippen molar-refractivity contribution in [3.8, 4) is 10.6 Å². The minimum absolute atomic E-state index is 0.317. The zero-order valence-electron chi connectivity index (χ0n) is 10.6. The second-order valence-corrected chi connectivity index (χ2v) is 5.86. The van der Waals surface area contributed by atoms with Crippen LogP contribution in [0.3, 0.4) is 0 Å². The molecule has 4 heteroatoms. The van der Waals surface area contributed by atoms with E-state index in [4.69, 9.17) is 4.74 Å². The van der Waals surface area contributed by atoms with Crippen LogP contribution in [0.5, 0.6) is 0 Å². The minimum Gasteiger partial charge on any atom is -0.456 e. The zero-order valence-corrected chi connectivity index (χ0v) is 11.5. The second-order valence-electron chi connectivity index (χ2n) is 4.91. The summed E-state index contributed by atoms with van der Waals surface area (Å²) < 4.78 is 5.33. The maximum Gasteiger partial charge on any atom is 0.338 e. The lowest BCUT2D eigenvalue weighted by Gasteiger charge is -2.19. The molecule has 0 aliphatic heterocycles. The van der Waals surface area contributed by atoms with Gasteiger partial charge in [-0.25, -0.2) is 4.79 Å². The monoisotopic (exact) mass is 261 g/mol. The van der Waals surface area contributed by atoms with Gasteiger partial charge in [0.15, 0.2) is 0 Å². The van der Waals surface area contributed by atoms with E-state index in [1.807, 2.05) is 38.3 Å². The van der Waals surface area contributed by atoms with Crippen LogP contribution in [0.15, 0.2) is 35.8 Å². The predicted molar refractivity (Wildman–Crippen MR) is 72.7 cm³/mol. The van der Waals surface area contributed by atoms with Gasteiger partial charge in [0, 0.05) is 6.20 Å². The highest BCUT2D eigenvalue weighted by Gasteiger charge is 2.18.